The molecule has 1 aromatic carbocycles. The molecule has 24 heavy (non-hydrogen) atoms. The molecule has 0 aromatic heterocycles. The summed E-state index contributed by atoms with van der Waals surface area (Å²) >= 11 is 0. The number of hydrogen-bond acceptors (Lipinski definition) is 3. The quantitative estimate of drug-likeness (QED) is 0.363. The largest absolute Gasteiger partial charge is 0.391 e. The number of piperidine rings is 3. The van der Waals surface area contributed by atoms with E-state index in [1.165, 1.54) is 0 Å². The van der Waals surface area contributed by atoms with Gasteiger partial charge in [-0.3, -0.25) is 0 Å². The molecule has 0 amide bonds. The molecule has 0 radical (unpaired) electrons. The number of benzene rings is 1. The molecule has 2 unspecified atom stereocenters. The van der Waals surface area contributed by atoms with Crippen molar-refractivity contribution in [2.75, 3.05) is 19.6 Å². The maximum absolute atomic E-state index is 13.6. The average molecular weight is 346 g/mol. The molecule has 3 aliphatic heterocycles. The zero-order valence-corrected chi connectivity index (χ0v) is 12.7. The van der Waals surface area contributed by atoms with Crippen molar-refractivity contribution in [3.05, 3.63) is 34.6 Å². The summed E-state index contributed by atoms with van der Waals surface area (Å²) in [5, 5.41) is 4.00. The Morgan fingerprint density at radius 1 is 0.833 bits per heavy atom. The zero-order chi connectivity index (χ0) is 17.0. The molecule has 2 atom stereocenters. The SMILES string of the molecule is Fc1c(F)c(F)c(CON=C2C3CC4CC2CN(C4)C3)c(F)c1F. The van der Waals surface area contributed by atoms with Crippen molar-refractivity contribution in [1.29, 1.82) is 0 Å². The smallest absolute Gasteiger partial charge is 0.200 e. The molecule has 5 rings (SSSR count). The first-order valence-electron chi connectivity index (χ1n) is 7.88. The summed E-state index contributed by atoms with van der Waals surface area (Å²) in [6.07, 6.45) is 2.02. The zero-order valence-electron chi connectivity index (χ0n) is 12.7. The van der Waals surface area contributed by atoms with Gasteiger partial charge >= 0.3 is 0 Å². The summed E-state index contributed by atoms with van der Waals surface area (Å²) in [6.45, 7) is 2.09. The number of halogens is 5. The Labute approximate surface area is 135 Å². The minimum absolute atomic E-state index is 0.257. The van der Waals surface area contributed by atoms with E-state index in [2.05, 4.69) is 10.1 Å². The second-order valence-corrected chi connectivity index (χ2v) is 6.79. The van der Waals surface area contributed by atoms with Crippen LogP contribution in [0.2, 0.25) is 0 Å². The minimum Gasteiger partial charge on any atom is -0.391 e. The van der Waals surface area contributed by atoms with E-state index in [0.717, 1.165) is 38.2 Å². The maximum atomic E-state index is 13.6. The van der Waals surface area contributed by atoms with Crippen LogP contribution in [-0.4, -0.2) is 30.2 Å². The summed E-state index contributed by atoms with van der Waals surface area (Å²) < 4.78 is 66.5. The van der Waals surface area contributed by atoms with Crippen LogP contribution in [0.3, 0.4) is 0 Å². The van der Waals surface area contributed by atoms with Crippen LogP contribution in [0.5, 0.6) is 0 Å². The summed E-state index contributed by atoms with van der Waals surface area (Å²) in [6, 6.07) is 0. The lowest BCUT2D eigenvalue weighted by atomic mass is 9.67. The Bertz CT molecular complexity index is 662. The van der Waals surface area contributed by atoms with Crippen molar-refractivity contribution in [2.24, 2.45) is 22.9 Å². The first-order valence-corrected chi connectivity index (χ1v) is 7.88. The second-order valence-electron chi connectivity index (χ2n) is 6.79. The van der Waals surface area contributed by atoms with E-state index in [1.54, 1.807) is 0 Å². The summed E-state index contributed by atoms with van der Waals surface area (Å²) in [7, 11) is 0. The predicted molar refractivity (Wildman–Crippen MR) is 74.6 cm³/mol. The highest BCUT2D eigenvalue weighted by molar-refractivity contribution is 5.90. The number of nitrogens with zero attached hydrogens (tertiary/aromatic N) is 2. The summed E-state index contributed by atoms with van der Waals surface area (Å²) in [5.74, 6) is -8.69. The van der Waals surface area contributed by atoms with Crippen molar-refractivity contribution in [3.8, 4) is 0 Å². The van der Waals surface area contributed by atoms with Crippen molar-refractivity contribution in [2.45, 2.75) is 19.4 Å². The molecule has 0 spiro atoms. The highest BCUT2D eigenvalue weighted by Crippen LogP contribution is 2.41. The molecule has 3 nitrogen and oxygen atoms in total. The fourth-order valence-corrected chi connectivity index (χ4v) is 4.27. The number of rotatable bonds is 3. The van der Waals surface area contributed by atoms with E-state index in [0.29, 0.717) is 5.92 Å². The van der Waals surface area contributed by atoms with Gasteiger partial charge in [-0.1, -0.05) is 5.16 Å². The monoisotopic (exact) mass is 346 g/mol. The van der Waals surface area contributed by atoms with Gasteiger partial charge in [0.15, 0.2) is 23.3 Å². The Kier molecular flexibility index (Phi) is 3.74. The van der Waals surface area contributed by atoms with Crippen molar-refractivity contribution < 1.29 is 26.8 Å². The normalized spacial score (nSPS) is 30.8. The Morgan fingerprint density at radius 3 is 1.92 bits per heavy atom. The van der Waals surface area contributed by atoms with Gasteiger partial charge in [-0.25, -0.2) is 22.0 Å². The van der Waals surface area contributed by atoms with Crippen LogP contribution in [0.1, 0.15) is 18.4 Å². The van der Waals surface area contributed by atoms with Gasteiger partial charge in [0, 0.05) is 31.5 Å². The second kappa shape index (κ2) is 5.68. The Hall–Kier alpha value is -1.70. The molecule has 130 valence electrons. The third-order valence-corrected chi connectivity index (χ3v) is 5.23. The first kappa shape index (κ1) is 15.8. The fourth-order valence-electron chi connectivity index (χ4n) is 4.27. The van der Waals surface area contributed by atoms with Gasteiger partial charge in [-0.2, -0.15) is 0 Å². The summed E-state index contributed by atoms with van der Waals surface area (Å²) in [4.78, 5) is 7.36. The lowest BCUT2D eigenvalue weighted by Gasteiger charge is -2.51. The molecule has 4 fully saturated rings. The van der Waals surface area contributed by atoms with Gasteiger partial charge in [0.05, 0.1) is 11.3 Å². The van der Waals surface area contributed by atoms with Crippen molar-refractivity contribution >= 4 is 5.71 Å². The lowest BCUT2D eigenvalue weighted by Crippen LogP contribution is -2.58. The Balaban J connectivity index is 1.52. The van der Waals surface area contributed by atoms with Gasteiger partial charge in [0.25, 0.3) is 0 Å². The molecular formula is C16H15F5N2O. The van der Waals surface area contributed by atoms with Gasteiger partial charge in [0.1, 0.15) is 6.61 Å². The van der Waals surface area contributed by atoms with E-state index < -0.39 is 41.3 Å². The van der Waals surface area contributed by atoms with Gasteiger partial charge < -0.3 is 9.74 Å². The van der Waals surface area contributed by atoms with Crippen LogP contribution in [0.4, 0.5) is 22.0 Å². The van der Waals surface area contributed by atoms with Gasteiger partial charge in [0.2, 0.25) is 5.82 Å². The average Bonchev–Trinajstić information content (AvgIpc) is 2.56. The van der Waals surface area contributed by atoms with Crippen molar-refractivity contribution in [3.63, 3.8) is 0 Å². The van der Waals surface area contributed by atoms with E-state index in [1.807, 2.05) is 0 Å². The van der Waals surface area contributed by atoms with Crippen LogP contribution in [0.25, 0.3) is 0 Å². The Morgan fingerprint density at radius 2 is 1.38 bits per heavy atom. The first-order chi connectivity index (χ1) is 11.5. The maximum Gasteiger partial charge on any atom is 0.200 e. The molecule has 4 bridgehead atoms. The number of oxime groups is 1. The minimum atomic E-state index is -2.17. The van der Waals surface area contributed by atoms with Crippen LogP contribution >= 0.6 is 0 Å². The topological polar surface area (TPSA) is 24.8 Å². The van der Waals surface area contributed by atoms with Gasteiger partial charge in [-0.15, -0.1) is 0 Å². The standard InChI is InChI=1S/C16H15F5N2O/c17-11-10(12(18)14(20)15(21)13(11)19)6-24-22-16-8-1-7-2-9(16)5-23(3-7)4-8/h7-9H,1-6H2. The third-order valence-electron chi connectivity index (χ3n) is 5.23. The molecule has 1 saturated carbocycles. The number of hydrogen-bond donors (Lipinski definition) is 0. The molecule has 1 aromatic rings. The highest BCUT2D eigenvalue weighted by atomic mass is 19.2. The van der Waals surface area contributed by atoms with Crippen LogP contribution < -0.4 is 0 Å². The van der Waals surface area contributed by atoms with Gasteiger partial charge in [-0.05, 0) is 18.8 Å². The highest BCUT2D eigenvalue weighted by Gasteiger charge is 2.45. The molecule has 1 aliphatic carbocycles. The molecule has 3 heterocycles. The molecule has 3 saturated heterocycles. The summed E-state index contributed by atoms with van der Waals surface area (Å²) in [5.41, 5.74) is -0.144. The molecule has 8 heteroatoms. The van der Waals surface area contributed by atoms with Crippen LogP contribution in [0, 0.1) is 46.8 Å². The van der Waals surface area contributed by atoms with Crippen LogP contribution in [-0.2, 0) is 11.4 Å². The fraction of sp³-hybridized carbons (Fsp3) is 0.562. The molecule has 4 aliphatic rings. The van der Waals surface area contributed by atoms with E-state index >= 15 is 0 Å². The predicted octanol–water partition coefficient (Wildman–Crippen LogP) is 3.23. The lowest BCUT2D eigenvalue weighted by molar-refractivity contribution is 0.0464. The third kappa shape index (κ3) is 2.39. The van der Waals surface area contributed by atoms with E-state index in [9.17, 15) is 22.0 Å². The van der Waals surface area contributed by atoms with Crippen LogP contribution in [0.15, 0.2) is 5.16 Å². The molecule has 0 N–H and O–H groups in total. The van der Waals surface area contributed by atoms with E-state index in [-0.39, 0.29) is 11.8 Å². The van der Waals surface area contributed by atoms with E-state index in [4.69, 9.17) is 4.84 Å². The molecular weight excluding hydrogens is 331 g/mol. The van der Waals surface area contributed by atoms with Crippen molar-refractivity contribution in [1.82, 2.24) is 4.90 Å².